The van der Waals surface area contributed by atoms with Crippen LogP contribution < -0.4 is 34.4 Å². The summed E-state index contributed by atoms with van der Waals surface area (Å²) in [5.74, 6) is -4.50. The van der Waals surface area contributed by atoms with Crippen molar-refractivity contribution in [3.05, 3.63) is 90.3 Å². The molecule has 0 aromatic carbocycles. The van der Waals surface area contributed by atoms with Crippen LogP contribution in [0.4, 0.5) is 0 Å². The average molecular weight is 1000 g/mol. The smallest absolute Gasteiger partial charge is 0.349 e. The fourth-order valence-electron chi connectivity index (χ4n) is 9.57. The van der Waals surface area contributed by atoms with Crippen LogP contribution in [0.2, 0.25) is 0 Å². The Hall–Kier alpha value is -7.05. The van der Waals surface area contributed by atoms with Crippen molar-refractivity contribution in [2.24, 2.45) is 56.6 Å². The number of nitriles is 4. The van der Waals surface area contributed by atoms with Gasteiger partial charge in [0.25, 0.3) is 5.70 Å². The van der Waals surface area contributed by atoms with Gasteiger partial charge < -0.3 is 63.3 Å². The molecule has 21 heteroatoms. The Bertz CT molecular complexity index is 2250. The molecular weight excluding hydrogens is 931 g/mol. The number of nitrogens with two attached hydrogens (primary N) is 6. The first-order valence-corrected chi connectivity index (χ1v) is 24.4. The highest BCUT2D eigenvalue weighted by molar-refractivity contribution is 5.96. The summed E-state index contributed by atoms with van der Waals surface area (Å²) < 4.78 is 17.2. The van der Waals surface area contributed by atoms with Gasteiger partial charge in [0.1, 0.15) is 48.6 Å². The van der Waals surface area contributed by atoms with E-state index in [0.717, 1.165) is 0 Å². The van der Waals surface area contributed by atoms with Crippen LogP contribution >= 0.6 is 0 Å². The number of rotatable bonds is 24. The third-order valence-electron chi connectivity index (χ3n) is 12.7. The normalized spacial score (nSPS) is 18.9. The van der Waals surface area contributed by atoms with E-state index in [0.29, 0.717) is 75.6 Å². The molecule has 0 atom stereocenters. The Morgan fingerprint density at radius 3 is 1.15 bits per heavy atom. The lowest BCUT2D eigenvalue weighted by Crippen LogP contribution is -2.38. The first-order chi connectivity index (χ1) is 34.6. The number of allylic oxidation sites excluding steroid dienone is 8. The van der Waals surface area contributed by atoms with Crippen LogP contribution in [0.15, 0.2) is 67.5 Å². The van der Waals surface area contributed by atoms with Crippen LogP contribution in [-0.4, -0.2) is 131 Å². The maximum Gasteiger partial charge on any atom is 0.349 e. The van der Waals surface area contributed by atoms with E-state index in [1.165, 1.54) is 0 Å². The molecule has 0 radical (unpaired) electrons. The van der Waals surface area contributed by atoms with Crippen molar-refractivity contribution >= 4 is 17.9 Å². The summed E-state index contributed by atoms with van der Waals surface area (Å²) in [6.45, 7) is 29.8. The van der Waals surface area contributed by atoms with E-state index < -0.39 is 76.7 Å². The van der Waals surface area contributed by atoms with E-state index in [-0.39, 0.29) is 92.1 Å². The monoisotopic (exact) mass is 1000 g/mol. The molecule has 0 bridgehead atoms. The maximum atomic E-state index is 14.1. The second-order valence-corrected chi connectivity index (χ2v) is 20.6. The lowest BCUT2D eigenvalue weighted by atomic mass is 9.72. The summed E-state index contributed by atoms with van der Waals surface area (Å²) in [7, 11) is 0. The van der Waals surface area contributed by atoms with E-state index in [9.17, 15) is 35.4 Å². The van der Waals surface area contributed by atoms with Crippen LogP contribution in [-0.2, 0) is 28.6 Å². The highest BCUT2D eigenvalue weighted by Gasteiger charge is 2.40. The number of hydrogen-bond acceptors (Lipinski definition) is 19. The first-order valence-electron chi connectivity index (χ1n) is 24.4. The van der Waals surface area contributed by atoms with E-state index >= 15 is 0 Å². The Morgan fingerprint density at radius 2 is 0.849 bits per heavy atom. The lowest BCUT2D eigenvalue weighted by Gasteiger charge is -2.39. The summed E-state index contributed by atoms with van der Waals surface area (Å²) in [6, 6.07) is 8.23. The number of nitrogens with zero attached hydrogens (tertiary/aromatic N) is 9. The van der Waals surface area contributed by atoms with Crippen molar-refractivity contribution in [3.63, 3.8) is 0 Å². The minimum absolute atomic E-state index is 0.112. The molecule has 392 valence electrons. The van der Waals surface area contributed by atoms with Crippen molar-refractivity contribution in [3.8, 4) is 24.3 Å². The Labute approximate surface area is 430 Å². The number of ether oxygens (including phenoxy) is 3. The van der Waals surface area contributed by atoms with E-state index in [4.69, 9.17) is 61.8 Å². The second-order valence-electron chi connectivity index (χ2n) is 20.6. The molecule has 0 unspecified atom stereocenters. The summed E-state index contributed by atoms with van der Waals surface area (Å²) in [5, 5.41) is 42.0. The molecule has 3 aliphatic rings. The van der Waals surface area contributed by atoms with Gasteiger partial charge in [-0.25, -0.2) is 19.3 Å². The molecule has 0 amide bonds. The fraction of sp³-hybridized carbons (Fsp3) is 0.596. The summed E-state index contributed by atoms with van der Waals surface area (Å²) in [6.07, 6.45) is 1.83. The van der Waals surface area contributed by atoms with Gasteiger partial charge in [-0.05, 0) is 71.5 Å². The van der Waals surface area contributed by atoms with Gasteiger partial charge in [-0.3, -0.25) is 4.79 Å². The van der Waals surface area contributed by atoms with Crippen molar-refractivity contribution in [2.45, 2.75) is 80.1 Å². The molecular formula is C52H73N15O6. The van der Waals surface area contributed by atoms with E-state index in [1.807, 2.05) is 68.4 Å². The van der Waals surface area contributed by atoms with Crippen LogP contribution in [0.1, 0.15) is 80.1 Å². The largest absolute Gasteiger partial charge is 0.470 e. The number of hydrogen-bond donors (Lipinski definition) is 6. The molecule has 0 aromatic heterocycles. The quantitative estimate of drug-likeness (QED) is 0.0266. The maximum absolute atomic E-state index is 14.1. The highest BCUT2D eigenvalue weighted by atomic mass is 16.6. The van der Waals surface area contributed by atoms with Gasteiger partial charge in [0.15, 0.2) is 5.70 Å². The van der Waals surface area contributed by atoms with Gasteiger partial charge in [0.2, 0.25) is 0 Å². The van der Waals surface area contributed by atoms with Crippen LogP contribution in [0, 0.1) is 80.6 Å². The molecule has 0 fully saturated rings. The third-order valence-corrected chi connectivity index (χ3v) is 12.7. The molecule has 0 saturated heterocycles. The first kappa shape index (κ1) is 60.3. The van der Waals surface area contributed by atoms with Crippen molar-refractivity contribution < 1.29 is 28.6 Å². The molecule has 0 heterocycles. The molecule has 0 saturated carbocycles. The van der Waals surface area contributed by atoms with E-state index in [2.05, 4.69) is 21.8 Å². The highest BCUT2D eigenvalue weighted by Crippen LogP contribution is 2.47. The summed E-state index contributed by atoms with van der Waals surface area (Å²) >= 11 is 0. The van der Waals surface area contributed by atoms with Crippen molar-refractivity contribution in [2.75, 3.05) is 98.4 Å². The van der Waals surface area contributed by atoms with Gasteiger partial charge in [0, 0.05) is 95.6 Å². The van der Waals surface area contributed by atoms with Gasteiger partial charge in [-0.15, -0.1) is 0 Å². The topological polar surface area (TPSA) is 349 Å². The number of carbonyl (C=O) groups excluding carboxylic acids is 3. The third kappa shape index (κ3) is 15.7. The molecule has 3 rings (SSSR count). The molecule has 3 aliphatic carbocycles. The summed E-state index contributed by atoms with van der Waals surface area (Å²) in [4.78, 5) is 55.2. The molecule has 21 nitrogen and oxygen atoms in total. The number of esters is 3. The minimum Gasteiger partial charge on any atom is -0.470 e. The zero-order chi connectivity index (χ0) is 54.7. The predicted molar refractivity (Wildman–Crippen MR) is 272 cm³/mol. The van der Waals surface area contributed by atoms with E-state index in [1.54, 1.807) is 0 Å². The van der Waals surface area contributed by atoms with Gasteiger partial charge >= 0.3 is 17.9 Å². The number of carbonyl (C=O) groups is 3. The minimum atomic E-state index is -1.18. The van der Waals surface area contributed by atoms with Crippen LogP contribution in [0.5, 0.6) is 0 Å². The lowest BCUT2D eigenvalue weighted by molar-refractivity contribution is -0.148. The standard InChI is InChI=1S/C52H73N15O6/c1-50(2)21-35(38(27-59)42(24-50)65(15-9-53)16-10-54)40(29-61)47(68)71-31-34(32-72-48(69)41(30-62)36-22-51(3,4)25-43(39(36)28-60)66(17-11-55)18-12-56)33-73-49(70)46(64-8)37-23-52(5,6)26-44(45(37)63-7)67(19-13-57)20-14-58/h34H,9-26,31-33,53-58H2,1-6H3/b40-35+,41-36+,46-37-. The second kappa shape index (κ2) is 27.7. The van der Waals surface area contributed by atoms with Crippen LogP contribution in [0.25, 0.3) is 9.69 Å². The molecule has 0 aliphatic heterocycles. The predicted octanol–water partition coefficient (Wildman–Crippen LogP) is 2.85. The van der Waals surface area contributed by atoms with Gasteiger partial charge in [-0.1, -0.05) is 41.5 Å². The molecule has 73 heavy (non-hydrogen) atoms. The molecule has 0 spiro atoms. The molecule has 0 aromatic rings. The molecule has 12 N–H and O–H groups in total. The fourth-order valence-corrected chi connectivity index (χ4v) is 9.57. The summed E-state index contributed by atoms with van der Waals surface area (Å²) in [5.41, 5.74) is 35.2. The zero-order valence-corrected chi connectivity index (χ0v) is 43.4. The van der Waals surface area contributed by atoms with Crippen LogP contribution in [0.3, 0.4) is 0 Å². The Morgan fingerprint density at radius 1 is 0.534 bits per heavy atom. The SMILES string of the molecule is [C-]#[N+]C1=C(N(CCN)CCN)CC(C)(C)C/C1=C(/[N+]#[C-])C(=O)OCC(COC(=O)/C(C#N)=C1\CC(C)(C)CC(N(CCN)CCN)=C1C#N)COC(=O)/C(C#N)=C1\CC(C)(C)CC(N(CCN)CCN)=C1C#N. The van der Waals surface area contributed by atoms with Gasteiger partial charge in [0.05, 0.1) is 36.8 Å². The Kier molecular flexibility index (Phi) is 22.9. The zero-order valence-electron chi connectivity index (χ0n) is 43.4. The average Bonchev–Trinajstić information content (AvgIpc) is 3.33. The Balaban J connectivity index is 2.18. The van der Waals surface area contributed by atoms with Crippen molar-refractivity contribution in [1.29, 1.82) is 21.0 Å². The van der Waals surface area contributed by atoms with Gasteiger partial charge in [-0.2, -0.15) is 21.0 Å². The van der Waals surface area contributed by atoms with Crippen molar-refractivity contribution in [1.82, 2.24) is 14.7 Å².